The minimum Gasteiger partial charge on any atom is -0.454 e. The topological polar surface area (TPSA) is 65.5 Å². The summed E-state index contributed by atoms with van der Waals surface area (Å²) in [5.74, 6) is 0.498. The molecule has 0 bridgehead atoms. The summed E-state index contributed by atoms with van der Waals surface area (Å²) in [5, 5.41) is 0. The molecule has 0 aliphatic heterocycles. The fraction of sp³-hybridized carbons (Fsp3) is 0.286. The predicted octanol–water partition coefficient (Wildman–Crippen LogP) is 1.67. The highest BCUT2D eigenvalue weighted by Gasteiger charge is 2.09. The van der Waals surface area contributed by atoms with Gasteiger partial charge in [-0.3, -0.25) is 0 Å². The SMILES string of the molecule is CN.Cc1ccc(C(=O)OI)o1. The van der Waals surface area contributed by atoms with Crippen molar-refractivity contribution < 1.29 is 12.3 Å². The molecule has 1 rings (SSSR count). The van der Waals surface area contributed by atoms with Gasteiger partial charge in [-0.15, -0.1) is 0 Å². The Kier molecular flexibility index (Phi) is 5.73. The summed E-state index contributed by atoms with van der Waals surface area (Å²) in [5.41, 5.74) is 4.50. The van der Waals surface area contributed by atoms with Crippen molar-refractivity contribution in [3.8, 4) is 0 Å². The lowest BCUT2D eigenvalue weighted by molar-refractivity contribution is 0.0767. The Morgan fingerprint density at radius 2 is 2.17 bits per heavy atom. The van der Waals surface area contributed by atoms with Gasteiger partial charge in [0.25, 0.3) is 0 Å². The second kappa shape index (κ2) is 6.01. The molecule has 0 spiro atoms. The molecule has 0 aromatic carbocycles. The molecule has 1 aromatic heterocycles. The summed E-state index contributed by atoms with van der Waals surface area (Å²) in [6.07, 6.45) is 0. The monoisotopic (exact) mass is 283 g/mol. The van der Waals surface area contributed by atoms with Crippen molar-refractivity contribution in [1.82, 2.24) is 0 Å². The van der Waals surface area contributed by atoms with Gasteiger partial charge in [-0.2, -0.15) is 0 Å². The maximum Gasteiger partial charge on any atom is 0.383 e. The molecule has 0 fully saturated rings. The third kappa shape index (κ3) is 3.22. The summed E-state index contributed by atoms with van der Waals surface area (Å²) >= 11 is 1.52. The van der Waals surface area contributed by atoms with Gasteiger partial charge in [0, 0.05) is 0 Å². The zero-order valence-corrected chi connectivity index (χ0v) is 8.99. The fourth-order valence-corrected chi connectivity index (χ4v) is 0.799. The molecule has 5 heteroatoms. The Balaban J connectivity index is 0.000000561. The number of carbonyl (C=O) groups is 1. The van der Waals surface area contributed by atoms with Gasteiger partial charge in [0.05, 0.1) is 0 Å². The van der Waals surface area contributed by atoms with E-state index >= 15 is 0 Å². The van der Waals surface area contributed by atoms with Crippen LogP contribution in [0.1, 0.15) is 16.3 Å². The zero-order valence-electron chi connectivity index (χ0n) is 6.83. The third-order valence-corrected chi connectivity index (χ3v) is 1.41. The van der Waals surface area contributed by atoms with Crippen LogP contribution < -0.4 is 5.73 Å². The van der Waals surface area contributed by atoms with E-state index in [2.05, 4.69) is 8.80 Å². The van der Waals surface area contributed by atoms with E-state index in [-0.39, 0.29) is 5.76 Å². The molecule has 2 N–H and O–H groups in total. The second-order valence-corrected chi connectivity index (χ2v) is 2.22. The molecule has 0 saturated carbocycles. The van der Waals surface area contributed by atoms with Gasteiger partial charge < -0.3 is 13.2 Å². The van der Waals surface area contributed by atoms with E-state index in [1.54, 1.807) is 19.1 Å². The van der Waals surface area contributed by atoms with E-state index in [0.717, 1.165) is 0 Å². The molecular weight excluding hydrogens is 273 g/mol. The molecule has 4 nitrogen and oxygen atoms in total. The first-order valence-corrected chi connectivity index (χ1v) is 4.09. The first kappa shape index (κ1) is 11.4. The number of halogens is 1. The molecule has 0 aliphatic rings. The van der Waals surface area contributed by atoms with Crippen molar-refractivity contribution >= 4 is 29.0 Å². The number of hydrogen-bond acceptors (Lipinski definition) is 4. The maximum atomic E-state index is 10.7. The first-order valence-electron chi connectivity index (χ1n) is 3.21. The van der Waals surface area contributed by atoms with Crippen LogP contribution in [0.5, 0.6) is 0 Å². The standard InChI is InChI=1S/C6H5IO3.CH5N/c1-4-2-3-5(9-4)6(8)10-7;1-2/h2-3H,1H3;2H2,1H3. The van der Waals surface area contributed by atoms with Crippen LogP contribution >= 0.6 is 23.0 Å². The van der Waals surface area contributed by atoms with Crippen molar-refractivity contribution in [3.05, 3.63) is 23.7 Å². The van der Waals surface area contributed by atoms with Crippen molar-refractivity contribution in [2.24, 2.45) is 5.73 Å². The minimum absolute atomic E-state index is 0.243. The van der Waals surface area contributed by atoms with E-state index in [1.165, 1.54) is 30.1 Å². The number of nitrogens with two attached hydrogens (primary N) is 1. The van der Waals surface area contributed by atoms with Crippen LogP contribution in [-0.2, 0) is 3.07 Å². The number of rotatable bonds is 1. The zero-order chi connectivity index (χ0) is 9.56. The highest BCUT2D eigenvalue weighted by Crippen LogP contribution is 2.08. The Morgan fingerprint density at radius 3 is 2.50 bits per heavy atom. The van der Waals surface area contributed by atoms with Gasteiger partial charge in [-0.05, 0) is 26.1 Å². The van der Waals surface area contributed by atoms with Crippen molar-refractivity contribution in [2.45, 2.75) is 6.92 Å². The Morgan fingerprint density at radius 1 is 1.58 bits per heavy atom. The lowest BCUT2D eigenvalue weighted by Gasteiger charge is -1.88. The van der Waals surface area contributed by atoms with Crippen LogP contribution in [0.4, 0.5) is 0 Å². The smallest absolute Gasteiger partial charge is 0.383 e. The normalized spacial score (nSPS) is 8.33. The average molecular weight is 283 g/mol. The molecule has 0 saturated heterocycles. The molecule has 0 atom stereocenters. The predicted molar refractivity (Wildman–Crippen MR) is 53.0 cm³/mol. The third-order valence-electron chi connectivity index (χ3n) is 1.01. The van der Waals surface area contributed by atoms with Gasteiger partial charge in [0.1, 0.15) is 5.76 Å². The number of carbonyl (C=O) groups excluding carboxylic acids is 1. The highest BCUT2D eigenvalue weighted by molar-refractivity contribution is 14.1. The highest BCUT2D eigenvalue weighted by atomic mass is 127. The van der Waals surface area contributed by atoms with Crippen molar-refractivity contribution in [1.29, 1.82) is 0 Å². The van der Waals surface area contributed by atoms with E-state index in [4.69, 9.17) is 4.42 Å². The van der Waals surface area contributed by atoms with Crippen LogP contribution in [0.15, 0.2) is 16.5 Å². The minimum atomic E-state index is -0.450. The van der Waals surface area contributed by atoms with Crippen LogP contribution in [0.25, 0.3) is 0 Å². The Hall–Kier alpha value is -0.560. The summed E-state index contributed by atoms with van der Waals surface area (Å²) in [6.45, 7) is 1.77. The van der Waals surface area contributed by atoms with E-state index in [9.17, 15) is 4.79 Å². The van der Waals surface area contributed by atoms with Crippen molar-refractivity contribution in [3.63, 3.8) is 0 Å². The van der Waals surface area contributed by atoms with Crippen LogP contribution in [-0.4, -0.2) is 13.0 Å². The molecule has 0 radical (unpaired) electrons. The molecule has 12 heavy (non-hydrogen) atoms. The second-order valence-electron chi connectivity index (χ2n) is 1.77. The van der Waals surface area contributed by atoms with Crippen molar-refractivity contribution in [2.75, 3.05) is 7.05 Å². The molecule has 1 heterocycles. The van der Waals surface area contributed by atoms with E-state index in [0.29, 0.717) is 5.76 Å². The van der Waals surface area contributed by atoms with Gasteiger partial charge in [0.2, 0.25) is 5.76 Å². The summed E-state index contributed by atoms with van der Waals surface area (Å²) in [6, 6.07) is 3.29. The first-order chi connectivity index (χ1) is 5.74. The number of furan rings is 1. The summed E-state index contributed by atoms with van der Waals surface area (Å²) in [7, 11) is 1.50. The Labute approximate surface area is 84.8 Å². The number of hydrogen-bond donors (Lipinski definition) is 1. The quantitative estimate of drug-likeness (QED) is 0.796. The molecular formula is C7H10INO3. The molecule has 0 amide bonds. The molecule has 0 unspecified atom stereocenters. The Bertz CT molecular complexity index is 247. The molecule has 68 valence electrons. The van der Waals surface area contributed by atoms with Gasteiger partial charge in [-0.25, -0.2) is 4.79 Å². The van der Waals surface area contributed by atoms with Gasteiger partial charge in [-0.1, -0.05) is 0 Å². The van der Waals surface area contributed by atoms with Crippen LogP contribution in [0, 0.1) is 6.92 Å². The fourth-order valence-electron chi connectivity index (χ4n) is 0.582. The largest absolute Gasteiger partial charge is 0.454 e. The summed E-state index contributed by atoms with van der Waals surface area (Å²) < 4.78 is 9.34. The van der Waals surface area contributed by atoms with Crippen LogP contribution in [0.3, 0.4) is 0 Å². The molecule has 0 aliphatic carbocycles. The van der Waals surface area contributed by atoms with Crippen LogP contribution in [0.2, 0.25) is 0 Å². The maximum absolute atomic E-state index is 10.7. The van der Waals surface area contributed by atoms with Gasteiger partial charge in [0.15, 0.2) is 23.0 Å². The van der Waals surface area contributed by atoms with E-state index in [1.807, 2.05) is 0 Å². The lowest BCUT2D eigenvalue weighted by Crippen LogP contribution is -1.93. The summed E-state index contributed by atoms with van der Waals surface area (Å²) in [4.78, 5) is 10.7. The average Bonchev–Trinajstić information content (AvgIpc) is 2.54. The van der Waals surface area contributed by atoms with E-state index < -0.39 is 5.97 Å². The van der Waals surface area contributed by atoms with Gasteiger partial charge >= 0.3 is 5.97 Å². The molecule has 1 aromatic rings. The lowest BCUT2D eigenvalue weighted by atomic mass is 10.4. The number of aryl methyl sites for hydroxylation is 1.